The molecule has 108 valence electrons. The Morgan fingerprint density at radius 3 is 2.35 bits per heavy atom. The van der Waals surface area contributed by atoms with Crippen molar-refractivity contribution in [2.75, 3.05) is 13.7 Å². The number of carbonyl (C=O) groups excluding carboxylic acids is 2. The summed E-state index contributed by atoms with van der Waals surface area (Å²) in [6.07, 6.45) is 4.17. The van der Waals surface area contributed by atoms with E-state index in [1.54, 1.807) is 26.2 Å². The number of aryl methyl sites for hydroxylation is 1. The van der Waals surface area contributed by atoms with Gasteiger partial charge in [0.1, 0.15) is 0 Å². The van der Waals surface area contributed by atoms with E-state index in [0.29, 0.717) is 5.56 Å². The van der Waals surface area contributed by atoms with Crippen LogP contribution < -0.4 is 0 Å². The minimum Gasteiger partial charge on any atom is -0.460 e. The lowest BCUT2D eigenvalue weighted by Gasteiger charge is -2.12. The molecule has 0 aromatic heterocycles. The molecule has 0 radical (unpaired) electrons. The molecule has 0 atom stereocenters. The number of benzene rings is 1. The van der Waals surface area contributed by atoms with Crippen LogP contribution in [-0.4, -0.2) is 31.1 Å². The van der Waals surface area contributed by atoms with E-state index in [0.717, 1.165) is 31.2 Å². The van der Waals surface area contributed by atoms with Crippen LogP contribution in [0.4, 0.5) is 0 Å². The number of ketones is 1. The number of Topliss-reactive ketones (excluding diaryl/α,β-unsaturated/α-hetero) is 1. The number of ether oxygens (including phenoxy) is 2. The van der Waals surface area contributed by atoms with Crippen molar-refractivity contribution >= 4 is 11.8 Å². The van der Waals surface area contributed by atoms with E-state index >= 15 is 0 Å². The molecule has 1 aliphatic rings. The van der Waals surface area contributed by atoms with Gasteiger partial charge < -0.3 is 9.47 Å². The number of carbonyl (C=O) groups is 2. The summed E-state index contributed by atoms with van der Waals surface area (Å²) in [5.41, 5.74) is 1.60. The average Bonchev–Trinajstić information content (AvgIpc) is 3.26. The molecule has 0 aliphatic heterocycles. The van der Waals surface area contributed by atoms with Crippen molar-refractivity contribution in [2.24, 2.45) is 0 Å². The lowest BCUT2D eigenvalue weighted by molar-refractivity contribution is -0.137. The Bertz CT molecular complexity index is 486. The van der Waals surface area contributed by atoms with Crippen molar-refractivity contribution in [1.82, 2.24) is 0 Å². The molecule has 0 bridgehead atoms. The standard InChI is InChI=1S/C16H20O4/c1-3-20-15(18)14(17)13-6-4-12(5-7-13)8-9-16(19-2)10-11-16/h4-7H,3,8-11H2,1-2H3. The van der Waals surface area contributed by atoms with Gasteiger partial charge in [0.2, 0.25) is 0 Å². The maximum Gasteiger partial charge on any atom is 0.379 e. The van der Waals surface area contributed by atoms with Gasteiger partial charge in [0.15, 0.2) is 0 Å². The largest absolute Gasteiger partial charge is 0.460 e. The maximum absolute atomic E-state index is 11.7. The minimum absolute atomic E-state index is 0.0828. The van der Waals surface area contributed by atoms with Gasteiger partial charge in [-0.2, -0.15) is 0 Å². The smallest absolute Gasteiger partial charge is 0.379 e. The predicted octanol–water partition coefficient (Wildman–Crippen LogP) is 2.54. The highest BCUT2D eigenvalue weighted by Gasteiger charge is 2.42. The highest BCUT2D eigenvalue weighted by atomic mass is 16.5. The summed E-state index contributed by atoms with van der Waals surface area (Å²) in [5, 5.41) is 0. The Morgan fingerprint density at radius 1 is 1.20 bits per heavy atom. The number of hydrogen-bond donors (Lipinski definition) is 0. The summed E-state index contributed by atoms with van der Waals surface area (Å²) in [6, 6.07) is 7.14. The van der Waals surface area contributed by atoms with E-state index < -0.39 is 11.8 Å². The molecule has 0 amide bonds. The van der Waals surface area contributed by atoms with Crippen molar-refractivity contribution in [1.29, 1.82) is 0 Å². The Kier molecular flexibility index (Phi) is 4.55. The highest BCUT2D eigenvalue weighted by molar-refractivity contribution is 6.40. The quantitative estimate of drug-likeness (QED) is 0.436. The van der Waals surface area contributed by atoms with Gasteiger partial charge in [-0.25, -0.2) is 4.79 Å². The van der Waals surface area contributed by atoms with Gasteiger partial charge in [0, 0.05) is 12.7 Å². The molecule has 0 heterocycles. The summed E-state index contributed by atoms with van der Waals surface area (Å²) in [5.74, 6) is -1.38. The van der Waals surface area contributed by atoms with Crippen LogP contribution >= 0.6 is 0 Å². The maximum atomic E-state index is 11.7. The zero-order chi connectivity index (χ0) is 14.6. The first-order valence-electron chi connectivity index (χ1n) is 6.96. The summed E-state index contributed by atoms with van der Waals surface area (Å²) in [4.78, 5) is 23.1. The van der Waals surface area contributed by atoms with Crippen LogP contribution in [0.5, 0.6) is 0 Å². The van der Waals surface area contributed by atoms with E-state index in [4.69, 9.17) is 9.47 Å². The molecular formula is C16H20O4. The first-order chi connectivity index (χ1) is 9.60. The van der Waals surface area contributed by atoms with E-state index in [-0.39, 0.29) is 12.2 Å². The lowest BCUT2D eigenvalue weighted by Crippen LogP contribution is -2.17. The molecule has 0 N–H and O–H groups in total. The van der Waals surface area contributed by atoms with E-state index in [1.165, 1.54) is 0 Å². The van der Waals surface area contributed by atoms with E-state index in [1.807, 2.05) is 12.1 Å². The Hall–Kier alpha value is -1.68. The van der Waals surface area contributed by atoms with Crippen LogP contribution in [0.3, 0.4) is 0 Å². The fourth-order valence-electron chi connectivity index (χ4n) is 2.21. The predicted molar refractivity (Wildman–Crippen MR) is 74.7 cm³/mol. The summed E-state index contributed by atoms with van der Waals surface area (Å²) < 4.78 is 10.2. The number of methoxy groups -OCH3 is 1. The van der Waals surface area contributed by atoms with Gasteiger partial charge in [0.25, 0.3) is 5.78 Å². The summed E-state index contributed by atoms with van der Waals surface area (Å²) in [6.45, 7) is 1.89. The molecule has 4 nitrogen and oxygen atoms in total. The topological polar surface area (TPSA) is 52.6 Å². The molecule has 1 aromatic rings. The van der Waals surface area contributed by atoms with Gasteiger partial charge in [0.05, 0.1) is 12.2 Å². The van der Waals surface area contributed by atoms with Crippen LogP contribution in [0, 0.1) is 0 Å². The van der Waals surface area contributed by atoms with Crippen LogP contribution in [0.15, 0.2) is 24.3 Å². The van der Waals surface area contributed by atoms with Crippen molar-refractivity contribution in [2.45, 2.75) is 38.2 Å². The second-order valence-electron chi connectivity index (χ2n) is 5.13. The van der Waals surface area contributed by atoms with E-state index in [2.05, 4.69) is 0 Å². The van der Waals surface area contributed by atoms with Crippen LogP contribution in [-0.2, 0) is 20.7 Å². The van der Waals surface area contributed by atoms with Crippen molar-refractivity contribution in [3.63, 3.8) is 0 Å². The fourth-order valence-corrected chi connectivity index (χ4v) is 2.21. The molecular weight excluding hydrogens is 256 g/mol. The van der Waals surface area contributed by atoms with Gasteiger partial charge in [-0.1, -0.05) is 24.3 Å². The first kappa shape index (κ1) is 14.7. The van der Waals surface area contributed by atoms with E-state index in [9.17, 15) is 9.59 Å². The minimum atomic E-state index is -0.795. The van der Waals surface area contributed by atoms with Crippen molar-refractivity contribution in [3.05, 3.63) is 35.4 Å². The Morgan fingerprint density at radius 2 is 1.85 bits per heavy atom. The molecule has 1 aromatic carbocycles. The second kappa shape index (κ2) is 6.18. The molecule has 1 saturated carbocycles. The summed E-state index contributed by atoms with van der Waals surface area (Å²) in [7, 11) is 1.76. The zero-order valence-corrected chi connectivity index (χ0v) is 12.0. The molecule has 4 heteroatoms. The molecule has 1 aliphatic carbocycles. The molecule has 0 unspecified atom stereocenters. The van der Waals surface area contributed by atoms with Crippen LogP contribution in [0.1, 0.15) is 42.1 Å². The molecule has 0 spiro atoms. The SMILES string of the molecule is CCOC(=O)C(=O)c1ccc(CCC2(OC)CC2)cc1. The monoisotopic (exact) mass is 276 g/mol. The van der Waals surface area contributed by atoms with Gasteiger partial charge in [-0.05, 0) is 38.2 Å². The third kappa shape index (κ3) is 3.45. The average molecular weight is 276 g/mol. The normalized spacial score (nSPS) is 15.7. The van der Waals surface area contributed by atoms with Crippen molar-refractivity contribution in [3.8, 4) is 0 Å². The third-order valence-corrected chi connectivity index (χ3v) is 3.79. The lowest BCUT2D eigenvalue weighted by atomic mass is 10.0. The second-order valence-corrected chi connectivity index (χ2v) is 5.13. The van der Waals surface area contributed by atoms with Gasteiger partial charge >= 0.3 is 5.97 Å². The zero-order valence-electron chi connectivity index (χ0n) is 12.0. The number of rotatable bonds is 7. The fraction of sp³-hybridized carbons (Fsp3) is 0.500. The van der Waals surface area contributed by atoms with Crippen molar-refractivity contribution < 1.29 is 19.1 Å². The Labute approximate surface area is 119 Å². The van der Waals surface area contributed by atoms with Gasteiger partial charge in [-0.15, -0.1) is 0 Å². The molecule has 1 fully saturated rings. The summed E-state index contributed by atoms with van der Waals surface area (Å²) >= 11 is 0. The first-order valence-corrected chi connectivity index (χ1v) is 6.96. The number of hydrogen-bond acceptors (Lipinski definition) is 4. The molecule has 2 rings (SSSR count). The molecule has 20 heavy (non-hydrogen) atoms. The Balaban J connectivity index is 1.92. The third-order valence-electron chi connectivity index (χ3n) is 3.79. The van der Waals surface area contributed by atoms with Crippen LogP contribution in [0.25, 0.3) is 0 Å². The molecule has 0 saturated heterocycles. The van der Waals surface area contributed by atoms with Crippen LogP contribution in [0.2, 0.25) is 0 Å². The van der Waals surface area contributed by atoms with Gasteiger partial charge in [-0.3, -0.25) is 4.79 Å². The number of esters is 1. The highest BCUT2D eigenvalue weighted by Crippen LogP contribution is 2.42.